The summed E-state index contributed by atoms with van der Waals surface area (Å²) in [4.78, 5) is 29.0. The fraction of sp³-hybridized carbons (Fsp3) is 0.273. The third-order valence-corrected chi connectivity index (χ3v) is 5.48. The molecular weight excluding hydrogens is 368 g/mol. The lowest BCUT2D eigenvalue weighted by Gasteiger charge is -2.29. The fourth-order valence-electron chi connectivity index (χ4n) is 3.98. The number of rotatable bonds is 5. The summed E-state index contributed by atoms with van der Waals surface area (Å²) in [5, 5.41) is 14.8. The zero-order valence-electron chi connectivity index (χ0n) is 16.2. The quantitative estimate of drug-likeness (QED) is 0.495. The number of aliphatic hydroxyl groups excluding tert-OH is 1. The zero-order chi connectivity index (χ0) is 20.5. The number of fused-ring (bicyclic) bond motifs is 1. The third-order valence-electron chi connectivity index (χ3n) is 5.48. The predicted octanol–water partition coefficient (Wildman–Crippen LogP) is 1.72. The number of H-pyrrole nitrogens is 1. The molecule has 2 aromatic carbocycles. The van der Waals surface area contributed by atoms with Crippen LogP contribution in [0.3, 0.4) is 0 Å². The lowest BCUT2D eigenvalue weighted by atomic mass is 9.96. The average Bonchev–Trinajstić information content (AvgIpc) is 3.08. The molecule has 1 aliphatic heterocycles. The highest BCUT2D eigenvalue weighted by Crippen LogP contribution is 2.33. The molecule has 0 radical (unpaired) electrons. The Hall–Kier alpha value is -3.32. The van der Waals surface area contributed by atoms with E-state index < -0.39 is 12.1 Å². The first-order chi connectivity index (χ1) is 14.0. The van der Waals surface area contributed by atoms with Crippen LogP contribution in [-0.4, -0.2) is 46.4 Å². The maximum atomic E-state index is 12.4. The Kier molecular flexibility index (Phi) is 4.98. The molecule has 0 spiro atoms. The van der Waals surface area contributed by atoms with E-state index in [-0.39, 0.29) is 18.4 Å². The number of nitrogens with two attached hydrogens (primary N) is 1. The molecular formula is C22H24N4O3. The van der Waals surface area contributed by atoms with Crippen LogP contribution in [0.2, 0.25) is 0 Å². The summed E-state index contributed by atoms with van der Waals surface area (Å²) >= 11 is 0. The summed E-state index contributed by atoms with van der Waals surface area (Å²) in [6.45, 7) is 0.0830. The van der Waals surface area contributed by atoms with Crippen molar-refractivity contribution in [3.8, 4) is 0 Å². The van der Waals surface area contributed by atoms with Crippen molar-refractivity contribution in [1.82, 2.24) is 15.2 Å². The average molecular weight is 392 g/mol. The van der Waals surface area contributed by atoms with Gasteiger partial charge >= 0.3 is 0 Å². The fourth-order valence-corrected chi connectivity index (χ4v) is 3.98. The Bertz CT molecular complexity index is 1070. The SMILES string of the molecule is CN1CC(=O)NC(CCc2c(C(O)c3ccccc3N)[nH]c3ccccc23)C1=O. The lowest BCUT2D eigenvalue weighted by molar-refractivity contribution is -0.143. The maximum Gasteiger partial charge on any atom is 0.245 e. The lowest BCUT2D eigenvalue weighted by Crippen LogP contribution is -2.56. The zero-order valence-corrected chi connectivity index (χ0v) is 16.2. The predicted molar refractivity (Wildman–Crippen MR) is 111 cm³/mol. The molecule has 3 aromatic rings. The molecule has 2 amide bonds. The first-order valence-electron chi connectivity index (χ1n) is 9.62. The molecule has 2 unspecified atom stereocenters. The number of carbonyl (C=O) groups is 2. The molecule has 150 valence electrons. The molecule has 29 heavy (non-hydrogen) atoms. The normalized spacial score (nSPS) is 18.1. The van der Waals surface area contributed by atoms with Gasteiger partial charge in [0, 0.05) is 29.2 Å². The number of nitrogens with one attached hydrogen (secondary N) is 2. The van der Waals surface area contributed by atoms with Gasteiger partial charge in [0.25, 0.3) is 0 Å². The molecule has 2 atom stereocenters. The van der Waals surface area contributed by atoms with Crippen LogP contribution in [0.25, 0.3) is 10.9 Å². The van der Waals surface area contributed by atoms with Crippen LogP contribution in [0.15, 0.2) is 48.5 Å². The molecule has 0 aliphatic carbocycles. The molecule has 5 N–H and O–H groups in total. The number of amides is 2. The highest BCUT2D eigenvalue weighted by molar-refractivity contribution is 5.94. The topological polar surface area (TPSA) is 111 Å². The van der Waals surface area contributed by atoms with E-state index in [1.54, 1.807) is 19.2 Å². The molecule has 1 fully saturated rings. The standard InChI is InChI=1S/C22H24N4O3/c1-26-12-19(27)24-18(22(26)29)11-10-14-13-6-3-5-9-17(13)25-20(14)21(28)15-7-2-4-8-16(15)23/h2-9,18,21,25,28H,10-12,23H2,1H3,(H,24,27). The number of aliphatic hydroxyl groups is 1. The van der Waals surface area contributed by atoms with E-state index in [0.717, 1.165) is 16.5 Å². The number of carbonyl (C=O) groups excluding carboxylic acids is 2. The highest BCUT2D eigenvalue weighted by Gasteiger charge is 2.31. The van der Waals surface area contributed by atoms with Gasteiger partial charge in [-0.15, -0.1) is 0 Å². The number of nitrogen functional groups attached to an aromatic ring is 1. The van der Waals surface area contributed by atoms with Gasteiger partial charge in [-0.05, 0) is 30.5 Å². The second-order valence-corrected chi connectivity index (χ2v) is 7.45. The van der Waals surface area contributed by atoms with E-state index in [2.05, 4.69) is 10.3 Å². The number of para-hydroxylation sites is 2. The van der Waals surface area contributed by atoms with Crippen molar-refractivity contribution in [2.45, 2.75) is 25.0 Å². The van der Waals surface area contributed by atoms with Gasteiger partial charge in [-0.3, -0.25) is 9.59 Å². The Morgan fingerprint density at radius 3 is 2.69 bits per heavy atom. The third kappa shape index (κ3) is 3.56. The Labute approximate surface area is 168 Å². The van der Waals surface area contributed by atoms with Crippen molar-refractivity contribution in [2.24, 2.45) is 0 Å². The van der Waals surface area contributed by atoms with Gasteiger partial charge in [0.1, 0.15) is 12.1 Å². The van der Waals surface area contributed by atoms with E-state index in [1.807, 2.05) is 36.4 Å². The number of nitrogens with zero attached hydrogens (tertiary/aromatic N) is 1. The molecule has 0 saturated carbocycles. The van der Waals surface area contributed by atoms with Crippen LogP contribution >= 0.6 is 0 Å². The van der Waals surface area contributed by atoms with Gasteiger partial charge in [0.15, 0.2) is 0 Å². The van der Waals surface area contributed by atoms with E-state index in [1.165, 1.54) is 4.90 Å². The number of likely N-dealkylation sites (N-methyl/N-ethyl adjacent to an activating group) is 1. The van der Waals surface area contributed by atoms with Crippen LogP contribution in [0.1, 0.15) is 29.3 Å². The summed E-state index contributed by atoms with van der Waals surface area (Å²) in [6, 6.07) is 14.5. The van der Waals surface area contributed by atoms with Crippen molar-refractivity contribution in [1.29, 1.82) is 0 Å². The largest absolute Gasteiger partial charge is 0.398 e. The molecule has 1 aromatic heterocycles. The molecule has 0 bridgehead atoms. The molecule has 4 rings (SSSR count). The number of aromatic nitrogens is 1. The second kappa shape index (κ2) is 7.60. The van der Waals surface area contributed by atoms with Crippen molar-refractivity contribution in [2.75, 3.05) is 19.3 Å². The van der Waals surface area contributed by atoms with Gasteiger partial charge in [-0.2, -0.15) is 0 Å². The summed E-state index contributed by atoms with van der Waals surface area (Å²) in [5.74, 6) is -0.257. The first-order valence-corrected chi connectivity index (χ1v) is 9.62. The van der Waals surface area contributed by atoms with E-state index in [0.29, 0.717) is 29.8 Å². The number of hydrogen-bond acceptors (Lipinski definition) is 4. The molecule has 1 saturated heterocycles. The first kappa shape index (κ1) is 19.0. The highest BCUT2D eigenvalue weighted by atomic mass is 16.3. The summed E-state index contributed by atoms with van der Waals surface area (Å²) in [7, 11) is 1.63. The Morgan fingerprint density at radius 1 is 1.17 bits per heavy atom. The Balaban J connectivity index is 1.68. The minimum absolute atomic E-state index is 0.0830. The summed E-state index contributed by atoms with van der Waals surface area (Å²) in [5.41, 5.74) is 9.70. The smallest absolute Gasteiger partial charge is 0.245 e. The van der Waals surface area contributed by atoms with Crippen LogP contribution < -0.4 is 11.1 Å². The van der Waals surface area contributed by atoms with Crippen LogP contribution in [-0.2, 0) is 16.0 Å². The second-order valence-electron chi connectivity index (χ2n) is 7.45. The molecule has 7 heteroatoms. The number of benzene rings is 2. The van der Waals surface area contributed by atoms with Crippen molar-refractivity contribution in [3.05, 3.63) is 65.4 Å². The minimum atomic E-state index is -0.919. The summed E-state index contributed by atoms with van der Waals surface area (Å²) in [6.07, 6.45) is 0.0481. The number of hydrogen-bond donors (Lipinski definition) is 4. The van der Waals surface area contributed by atoms with Crippen LogP contribution in [0.4, 0.5) is 5.69 Å². The van der Waals surface area contributed by atoms with E-state index in [4.69, 9.17) is 5.73 Å². The number of aromatic amines is 1. The molecule has 1 aliphatic rings. The number of piperazine rings is 1. The van der Waals surface area contributed by atoms with E-state index >= 15 is 0 Å². The maximum absolute atomic E-state index is 12.4. The van der Waals surface area contributed by atoms with Gasteiger partial charge in [0.05, 0.1) is 12.2 Å². The van der Waals surface area contributed by atoms with Gasteiger partial charge in [-0.1, -0.05) is 36.4 Å². The number of aryl methyl sites for hydroxylation is 1. The number of anilines is 1. The van der Waals surface area contributed by atoms with E-state index in [9.17, 15) is 14.7 Å². The monoisotopic (exact) mass is 392 g/mol. The molecule has 7 nitrogen and oxygen atoms in total. The van der Waals surface area contributed by atoms with Crippen molar-refractivity contribution < 1.29 is 14.7 Å². The van der Waals surface area contributed by atoms with Gasteiger partial charge in [-0.25, -0.2) is 0 Å². The summed E-state index contributed by atoms with van der Waals surface area (Å²) < 4.78 is 0. The van der Waals surface area contributed by atoms with Crippen molar-refractivity contribution in [3.63, 3.8) is 0 Å². The minimum Gasteiger partial charge on any atom is -0.398 e. The van der Waals surface area contributed by atoms with Crippen molar-refractivity contribution >= 4 is 28.4 Å². The Morgan fingerprint density at radius 2 is 1.90 bits per heavy atom. The molecule has 2 heterocycles. The van der Waals surface area contributed by atoms with Gasteiger partial charge < -0.3 is 26.0 Å². The van der Waals surface area contributed by atoms with Crippen LogP contribution in [0, 0.1) is 0 Å². The van der Waals surface area contributed by atoms with Gasteiger partial charge in [0.2, 0.25) is 11.8 Å². The van der Waals surface area contributed by atoms with Crippen LogP contribution in [0.5, 0.6) is 0 Å².